The van der Waals surface area contributed by atoms with E-state index in [1.807, 2.05) is 19.9 Å². The third kappa shape index (κ3) is 3.04. The Bertz CT molecular complexity index is 794. The third-order valence-corrected chi connectivity index (χ3v) is 4.18. The van der Waals surface area contributed by atoms with Gasteiger partial charge >= 0.3 is 6.03 Å². The third-order valence-electron chi connectivity index (χ3n) is 4.18. The highest BCUT2D eigenvalue weighted by Gasteiger charge is 2.50. The van der Waals surface area contributed by atoms with Crippen LogP contribution in [0, 0.1) is 0 Å². The van der Waals surface area contributed by atoms with E-state index < -0.39 is 17.5 Å². The Morgan fingerprint density at radius 1 is 1.24 bits per heavy atom. The van der Waals surface area contributed by atoms with E-state index >= 15 is 0 Å². The fourth-order valence-electron chi connectivity index (χ4n) is 2.83. The Labute approximate surface area is 145 Å². The number of carbonyl (C=O) groups excluding carboxylic acids is 2. The highest BCUT2D eigenvalue weighted by atomic mass is 16.2. The van der Waals surface area contributed by atoms with Crippen LogP contribution in [0.3, 0.4) is 0 Å². The Balaban J connectivity index is 1.92. The van der Waals surface area contributed by atoms with Crippen molar-refractivity contribution in [3.63, 3.8) is 0 Å². The first-order valence-electron chi connectivity index (χ1n) is 8.20. The molecule has 2 aromatic rings. The normalized spacial score (nSPS) is 19.6. The topological polar surface area (TPSA) is 114 Å². The molecule has 9 nitrogen and oxygen atoms in total. The van der Waals surface area contributed by atoms with Crippen molar-refractivity contribution in [2.45, 2.75) is 32.2 Å². The number of anilines is 1. The van der Waals surface area contributed by atoms with E-state index in [2.05, 4.69) is 30.9 Å². The Morgan fingerprint density at radius 2 is 2.04 bits per heavy atom. The van der Waals surface area contributed by atoms with Crippen molar-refractivity contribution in [3.05, 3.63) is 35.8 Å². The molecular weight excluding hydrogens is 322 g/mol. The molecule has 0 saturated carbocycles. The average Bonchev–Trinajstić information content (AvgIpc) is 3.15. The van der Waals surface area contributed by atoms with Crippen LogP contribution >= 0.6 is 0 Å². The minimum absolute atomic E-state index is 0.124. The molecule has 1 aliphatic rings. The SMILES string of the molecule is CCc1cc(NCC2(c3nccn3C)NC(=O)NC2=O)nc(CC)n1. The molecule has 2 aromatic heterocycles. The summed E-state index contributed by atoms with van der Waals surface area (Å²) in [5.74, 6) is 1.35. The van der Waals surface area contributed by atoms with Gasteiger partial charge < -0.3 is 15.2 Å². The number of rotatable bonds is 6. The standard InChI is InChI=1S/C16H21N7O2/c1-4-10-8-12(20-11(5-2)19-10)18-9-16(13-17-6-7-23(13)3)14(24)21-15(25)22-16/h6-8H,4-5,9H2,1-3H3,(H,18,19,20)(H2,21,22,24,25). The molecule has 0 aromatic carbocycles. The Kier molecular flexibility index (Phi) is 4.39. The van der Waals surface area contributed by atoms with Gasteiger partial charge in [0.1, 0.15) is 17.5 Å². The number of hydrogen-bond acceptors (Lipinski definition) is 6. The van der Waals surface area contributed by atoms with Gasteiger partial charge in [0.15, 0.2) is 5.54 Å². The molecule has 9 heteroatoms. The number of amides is 3. The number of hydrogen-bond donors (Lipinski definition) is 3. The van der Waals surface area contributed by atoms with Gasteiger partial charge in [0, 0.05) is 37.6 Å². The van der Waals surface area contributed by atoms with E-state index in [1.54, 1.807) is 24.0 Å². The minimum Gasteiger partial charge on any atom is -0.367 e. The molecule has 0 aliphatic carbocycles. The maximum absolute atomic E-state index is 12.5. The highest BCUT2D eigenvalue weighted by molar-refractivity contribution is 6.07. The zero-order valence-corrected chi connectivity index (χ0v) is 14.5. The molecule has 0 radical (unpaired) electrons. The smallest absolute Gasteiger partial charge is 0.322 e. The lowest BCUT2D eigenvalue weighted by Crippen LogP contribution is -2.51. The molecular formula is C16H21N7O2. The second-order valence-electron chi connectivity index (χ2n) is 5.90. The molecule has 1 unspecified atom stereocenters. The fraction of sp³-hybridized carbons (Fsp3) is 0.438. The van der Waals surface area contributed by atoms with Crippen LogP contribution in [-0.4, -0.2) is 38.0 Å². The highest BCUT2D eigenvalue weighted by Crippen LogP contribution is 2.24. The summed E-state index contributed by atoms with van der Waals surface area (Å²) in [6.07, 6.45) is 4.81. The van der Waals surface area contributed by atoms with Crippen LogP contribution in [0.25, 0.3) is 0 Å². The zero-order chi connectivity index (χ0) is 18.0. The quantitative estimate of drug-likeness (QED) is 0.658. The molecule has 0 spiro atoms. The number of imide groups is 1. The number of carbonyl (C=O) groups is 2. The van der Waals surface area contributed by atoms with E-state index in [4.69, 9.17) is 0 Å². The lowest BCUT2D eigenvalue weighted by atomic mass is 9.98. The molecule has 1 atom stereocenters. The molecule has 1 saturated heterocycles. The molecule has 1 aliphatic heterocycles. The molecule has 3 rings (SSSR count). The molecule has 3 heterocycles. The summed E-state index contributed by atoms with van der Waals surface area (Å²) in [5, 5.41) is 8.15. The number of urea groups is 1. The van der Waals surface area contributed by atoms with Crippen LogP contribution in [-0.2, 0) is 30.2 Å². The number of nitrogens with zero attached hydrogens (tertiary/aromatic N) is 4. The summed E-state index contributed by atoms with van der Waals surface area (Å²) in [6.45, 7) is 4.13. The van der Waals surface area contributed by atoms with Gasteiger partial charge in [-0.1, -0.05) is 13.8 Å². The molecule has 0 bridgehead atoms. The number of aromatic nitrogens is 4. The summed E-state index contributed by atoms with van der Waals surface area (Å²) in [6, 6.07) is 1.31. The molecule has 132 valence electrons. The van der Waals surface area contributed by atoms with Gasteiger partial charge in [-0.05, 0) is 6.42 Å². The first-order chi connectivity index (χ1) is 12.0. The van der Waals surface area contributed by atoms with Gasteiger partial charge in [-0.3, -0.25) is 10.1 Å². The van der Waals surface area contributed by atoms with E-state index in [-0.39, 0.29) is 6.54 Å². The molecule has 3 N–H and O–H groups in total. The minimum atomic E-state index is -1.29. The van der Waals surface area contributed by atoms with Crippen LogP contribution in [0.5, 0.6) is 0 Å². The lowest BCUT2D eigenvalue weighted by Gasteiger charge is -2.26. The van der Waals surface area contributed by atoms with Crippen molar-refractivity contribution in [1.29, 1.82) is 0 Å². The predicted molar refractivity (Wildman–Crippen MR) is 90.8 cm³/mol. The van der Waals surface area contributed by atoms with Crippen LogP contribution in [0.4, 0.5) is 10.6 Å². The first-order valence-corrected chi connectivity index (χ1v) is 8.20. The molecule has 1 fully saturated rings. The van der Waals surface area contributed by atoms with Crippen molar-refractivity contribution in [2.24, 2.45) is 7.05 Å². The first kappa shape index (κ1) is 16.9. The van der Waals surface area contributed by atoms with E-state index in [1.165, 1.54) is 0 Å². The maximum Gasteiger partial charge on any atom is 0.322 e. The molecule has 3 amide bonds. The van der Waals surface area contributed by atoms with Crippen molar-refractivity contribution in [1.82, 2.24) is 30.2 Å². The molecule has 25 heavy (non-hydrogen) atoms. The predicted octanol–water partition coefficient (Wildman–Crippen LogP) is 0.482. The fourth-order valence-corrected chi connectivity index (χ4v) is 2.83. The van der Waals surface area contributed by atoms with Gasteiger partial charge in [0.25, 0.3) is 5.91 Å². The summed E-state index contributed by atoms with van der Waals surface area (Å²) >= 11 is 0. The van der Waals surface area contributed by atoms with Crippen LogP contribution in [0.15, 0.2) is 18.5 Å². The number of nitrogens with one attached hydrogen (secondary N) is 3. The van der Waals surface area contributed by atoms with E-state index in [9.17, 15) is 9.59 Å². The zero-order valence-electron chi connectivity index (χ0n) is 14.5. The maximum atomic E-state index is 12.5. The van der Waals surface area contributed by atoms with E-state index in [0.29, 0.717) is 18.1 Å². The van der Waals surface area contributed by atoms with Gasteiger partial charge in [-0.2, -0.15) is 0 Å². The lowest BCUT2D eigenvalue weighted by molar-refractivity contribution is -0.124. The van der Waals surface area contributed by atoms with Crippen LogP contribution in [0.1, 0.15) is 31.2 Å². The Hall–Kier alpha value is -2.97. The second-order valence-corrected chi connectivity index (χ2v) is 5.90. The summed E-state index contributed by atoms with van der Waals surface area (Å²) in [4.78, 5) is 37.4. The summed E-state index contributed by atoms with van der Waals surface area (Å²) < 4.78 is 1.71. The average molecular weight is 343 g/mol. The monoisotopic (exact) mass is 343 g/mol. The summed E-state index contributed by atoms with van der Waals surface area (Å²) in [5.41, 5.74) is -0.376. The second kappa shape index (κ2) is 6.50. The van der Waals surface area contributed by atoms with Gasteiger partial charge in [-0.25, -0.2) is 19.7 Å². The van der Waals surface area contributed by atoms with Gasteiger partial charge in [0.05, 0.1) is 6.54 Å². The largest absolute Gasteiger partial charge is 0.367 e. The van der Waals surface area contributed by atoms with Crippen molar-refractivity contribution >= 4 is 17.8 Å². The van der Waals surface area contributed by atoms with Crippen LogP contribution in [0.2, 0.25) is 0 Å². The van der Waals surface area contributed by atoms with Crippen molar-refractivity contribution in [2.75, 3.05) is 11.9 Å². The van der Waals surface area contributed by atoms with Gasteiger partial charge in [0.2, 0.25) is 0 Å². The van der Waals surface area contributed by atoms with Crippen LogP contribution < -0.4 is 16.0 Å². The van der Waals surface area contributed by atoms with Crippen molar-refractivity contribution in [3.8, 4) is 0 Å². The number of aryl methyl sites for hydroxylation is 3. The number of imidazole rings is 1. The van der Waals surface area contributed by atoms with Crippen molar-refractivity contribution < 1.29 is 9.59 Å². The summed E-state index contributed by atoms with van der Waals surface area (Å²) in [7, 11) is 1.77. The van der Waals surface area contributed by atoms with Gasteiger partial charge in [-0.15, -0.1) is 0 Å². The van der Waals surface area contributed by atoms with E-state index in [0.717, 1.165) is 17.9 Å². The Morgan fingerprint density at radius 3 is 2.60 bits per heavy atom.